The number of thiazole rings is 1. The van der Waals surface area contributed by atoms with Gasteiger partial charge < -0.3 is 10.0 Å². The van der Waals surface area contributed by atoms with Gasteiger partial charge in [0.2, 0.25) is 0 Å². The molecule has 3 heterocycles. The molecule has 0 saturated carbocycles. The molecule has 3 rings (SSSR count). The smallest absolute Gasteiger partial charge is 0.356 e. The molecule has 2 aromatic rings. The Hall–Kier alpha value is -1.56. The van der Waals surface area contributed by atoms with Crippen LogP contribution in [0.25, 0.3) is 4.96 Å². The normalized spacial score (nSPS) is 19.8. The van der Waals surface area contributed by atoms with Gasteiger partial charge in [0.1, 0.15) is 0 Å². The molecule has 96 valence electrons. The van der Waals surface area contributed by atoms with Crippen LogP contribution < -0.4 is 4.90 Å². The topological polar surface area (TPSA) is 57.8 Å². The zero-order valence-electron chi connectivity index (χ0n) is 10.2. The molecule has 18 heavy (non-hydrogen) atoms. The van der Waals surface area contributed by atoms with Crippen LogP contribution in [-0.4, -0.2) is 33.0 Å². The number of nitrogens with zero attached hydrogens (tertiary/aromatic N) is 3. The molecule has 1 unspecified atom stereocenters. The summed E-state index contributed by atoms with van der Waals surface area (Å²) in [6.07, 6.45) is 5.05. The van der Waals surface area contributed by atoms with Crippen molar-refractivity contribution < 1.29 is 9.90 Å². The van der Waals surface area contributed by atoms with E-state index in [9.17, 15) is 9.90 Å². The Morgan fingerprint density at radius 1 is 1.67 bits per heavy atom. The lowest BCUT2D eigenvalue weighted by molar-refractivity contribution is 0.0690. The van der Waals surface area contributed by atoms with Crippen molar-refractivity contribution >= 4 is 28.1 Å². The van der Waals surface area contributed by atoms with Crippen molar-refractivity contribution in [2.75, 3.05) is 11.4 Å². The van der Waals surface area contributed by atoms with Crippen molar-refractivity contribution in [3.8, 4) is 0 Å². The summed E-state index contributed by atoms with van der Waals surface area (Å²) in [6, 6.07) is 0.424. The molecule has 2 aromatic heterocycles. The highest BCUT2D eigenvalue weighted by Gasteiger charge is 2.30. The molecule has 0 bridgehead atoms. The van der Waals surface area contributed by atoms with Crippen LogP contribution in [0.3, 0.4) is 0 Å². The molecule has 0 aromatic carbocycles. The van der Waals surface area contributed by atoms with Crippen molar-refractivity contribution in [1.82, 2.24) is 9.38 Å². The van der Waals surface area contributed by atoms with Crippen LogP contribution in [0.15, 0.2) is 11.6 Å². The van der Waals surface area contributed by atoms with E-state index >= 15 is 0 Å². The van der Waals surface area contributed by atoms with Crippen LogP contribution in [0.4, 0.5) is 5.82 Å². The minimum Gasteiger partial charge on any atom is -0.476 e. The number of hydrogen-bond acceptors (Lipinski definition) is 4. The summed E-state index contributed by atoms with van der Waals surface area (Å²) in [6.45, 7) is 3.05. The summed E-state index contributed by atoms with van der Waals surface area (Å²) < 4.78 is 1.67. The Bertz CT molecular complexity index is 589. The van der Waals surface area contributed by atoms with Gasteiger partial charge in [0.05, 0.1) is 0 Å². The van der Waals surface area contributed by atoms with Crippen LogP contribution in [0.1, 0.15) is 36.7 Å². The van der Waals surface area contributed by atoms with E-state index in [-0.39, 0.29) is 0 Å². The molecule has 0 radical (unpaired) electrons. The minimum atomic E-state index is -0.905. The molecular weight excluding hydrogens is 250 g/mol. The Kier molecular flexibility index (Phi) is 2.74. The number of carboxylic acids is 1. The van der Waals surface area contributed by atoms with Gasteiger partial charge in [0.15, 0.2) is 16.5 Å². The first-order chi connectivity index (χ1) is 8.72. The average Bonchev–Trinajstić information content (AvgIpc) is 3.01. The van der Waals surface area contributed by atoms with Crippen LogP contribution in [0, 0.1) is 0 Å². The second-order valence-electron chi connectivity index (χ2n) is 4.54. The first-order valence-electron chi connectivity index (χ1n) is 6.18. The predicted molar refractivity (Wildman–Crippen MR) is 70.7 cm³/mol. The van der Waals surface area contributed by atoms with E-state index in [4.69, 9.17) is 0 Å². The molecule has 1 atom stereocenters. The van der Waals surface area contributed by atoms with Gasteiger partial charge >= 0.3 is 5.97 Å². The van der Waals surface area contributed by atoms with E-state index < -0.39 is 5.97 Å². The fourth-order valence-electron chi connectivity index (χ4n) is 2.71. The van der Waals surface area contributed by atoms with E-state index in [0.29, 0.717) is 17.6 Å². The van der Waals surface area contributed by atoms with Gasteiger partial charge in [-0.15, -0.1) is 11.3 Å². The monoisotopic (exact) mass is 265 g/mol. The number of aromatic nitrogens is 2. The highest BCUT2D eigenvalue weighted by Crippen LogP contribution is 2.31. The summed E-state index contributed by atoms with van der Waals surface area (Å²) in [5, 5.41) is 11.3. The van der Waals surface area contributed by atoms with E-state index in [1.54, 1.807) is 10.6 Å². The Balaban J connectivity index is 2.13. The van der Waals surface area contributed by atoms with E-state index in [1.807, 2.05) is 5.38 Å². The van der Waals surface area contributed by atoms with Crippen LogP contribution >= 0.6 is 11.3 Å². The van der Waals surface area contributed by atoms with Crippen molar-refractivity contribution in [2.45, 2.75) is 32.2 Å². The Morgan fingerprint density at radius 3 is 3.22 bits per heavy atom. The predicted octanol–water partition coefficient (Wildman–Crippen LogP) is 2.47. The molecule has 1 saturated heterocycles. The van der Waals surface area contributed by atoms with Crippen LogP contribution in [-0.2, 0) is 0 Å². The standard InChI is InChI=1S/C12H15N3O2S/c1-2-8-4-3-5-14(8)10-9(11(16)17)15-6-7-18-12(15)13-10/h6-8H,2-5H2,1H3,(H,16,17). The number of aromatic carboxylic acids is 1. The number of fused-ring (bicyclic) bond motifs is 1. The van der Waals surface area contributed by atoms with Crippen LogP contribution in [0.5, 0.6) is 0 Å². The number of imidazole rings is 1. The average molecular weight is 265 g/mol. The van der Waals surface area contributed by atoms with Gasteiger partial charge in [-0.1, -0.05) is 6.92 Å². The second kappa shape index (κ2) is 4.28. The van der Waals surface area contributed by atoms with Gasteiger partial charge in [-0.25, -0.2) is 9.78 Å². The molecule has 1 fully saturated rings. The van der Waals surface area contributed by atoms with Crippen molar-refractivity contribution in [2.24, 2.45) is 0 Å². The van der Waals surface area contributed by atoms with Gasteiger partial charge in [-0.05, 0) is 19.3 Å². The first-order valence-corrected chi connectivity index (χ1v) is 7.05. The second-order valence-corrected chi connectivity index (χ2v) is 5.42. The number of anilines is 1. The summed E-state index contributed by atoms with van der Waals surface area (Å²) in [4.78, 5) is 18.9. The molecule has 1 N–H and O–H groups in total. The summed E-state index contributed by atoms with van der Waals surface area (Å²) >= 11 is 1.47. The van der Waals surface area contributed by atoms with Crippen molar-refractivity contribution in [3.63, 3.8) is 0 Å². The molecule has 1 aliphatic heterocycles. The summed E-state index contributed by atoms with van der Waals surface area (Å²) in [7, 11) is 0. The minimum absolute atomic E-state index is 0.298. The summed E-state index contributed by atoms with van der Waals surface area (Å²) in [5.41, 5.74) is 0.298. The zero-order valence-corrected chi connectivity index (χ0v) is 11.0. The molecular formula is C12H15N3O2S. The highest BCUT2D eigenvalue weighted by molar-refractivity contribution is 7.15. The van der Waals surface area contributed by atoms with Gasteiger partial charge in [-0.3, -0.25) is 4.40 Å². The SMILES string of the molecule is CCC1CCCN1c1nc2sccn2c1C(=O)O. The van der Waals surface area contributed by atoms with E-state index in [1.165, 1.54) is 11.3 Å². The fourth-order valence-corrected chi connectivity index (χ4v) is 3.42. The van der Waals surface area contributed by atoms with Crippen LogP contribution in [0.2, 0.25) is 0 Å². The molecule has 1 aliphatic rings. The van der Waals surface area contributed by atoms with Gasteiger partial charge in [0.25, 0.3) is 0 Å². The third-order valence-corrected chi connectivity index (χ3v) is 4.32. The summed E-state index contributed by atoms with van der Waals surface area (Å²) in [5.74, 6) is -0.267. The number of carboxylic acid groups (broad SMARTS) is 1. The van der Waals surface area contributed by atoms with E-state index in [0.717, 1.165) is 30.8 Å². The number of hydrogen-bond donors (Lipinski definition) is 1. The Morgan fingerprint density at radius 2 is 2.50 bits per heavy atom. The first kappa shape index (κ1) is 11.5. The van der Waals surface area contributed by atoms with Crippen molar-refractivity contribution in [3.05, 3.63) is 17.3 Å². The van der Waals surface area contributed by atoms with E-state index in [2.05, 4.69) is 16.8 Å². The van der Waals surface area contributed by atoms with Gasteiger partial charge in [0, 0.05) is 24.2 Å². The fraction of sp³-hybridized carbons (Fsp3) is 0.500. The molecule has 6 heteroatoms. The maximum atomic E-state index is 11.5. The number of rotatable bonds is 3. The number of carbonyl (C=O) groups is 1. The third-order valence-electron chi connectivity index (χ3n) is 3.57. The molecule has 0 aliphatic carbocycles. The maximum Gasteiger partial charge on any atom is 0.356 e. The third kappa shape index (κ3) is 1.59. The largest absolute Gasteiger partial charge is 0.476 e. The maximum absolute atomic E-state index is 11.5. The zero-order chi connectivity index (χ0) is 12.7. The highest BCUT2D eigenvalue weighted by atomic mass is 32.1. The van der Waals surface area contributed by atoms with Crippen molar-refractivity contribution in [1.29, 1.82) is 0 Å². The molecule has 0 spiro atoms. The molecule has 0 amide bonds. The lowest BCUT2D eigenvalue weighted by atomic mass is 10.2. The lowest BCUT2D eigenvalue weighted by Gasteiger charge is -2.23. The quantitative estimate of drug-likeness (QED) is 0.926. The van der Waals surface area contributed by atoms with Gasteiger partial charge in [-0.2, -0.15) is 0 Å². The Labute approximate surface area is 109 Å². The molecule has 5 nitrogen and oxygen atoms in total. The lowest BCUT2D eigenvalue weighted by Crippen LogP contribution is -2.30.